The lowest BCUT2D eigenvalue weighted by Crippen LogP contribution is -2.01. The molecule has 1 fully saturated rings. The monoisotopic (exact) mass is 361 g/mol. The summed E-state index contributed by atoms with van der Waals surface area (Å²) in [5.41, 5.74) is 9.18. The Balaban J connectivity index is 1.74. The minimum Gasteiger partial charge on any atom is -0.379 e. The van der Waals surface area contributed by atoms with E-state index in [1.165, 1.54) is 38.7 Å². The van der Waals surface area contributed by atoms with Crippen LogP contribution in [0.3, 0.4) is 0 Å². The SMILES string of the molecule is NCCc1sc2c(NCc3cccs3)cc(C3CC3)nc2c1S. The van der Waals surface area contributed by atoms with Gasteiger partial charge in [-0.1, -0.05) is 6.07 Å². The highest BCUT2D eigenvalue weighted by molar-refractivity contribution is 7.80. The Bertz CT molecular complexity index is 819. The van der Waals surface area contributed by atoms with Crippen molar-refractivity contribution in [3.8, 4) is 0 Å². The Morgan fingerprint density at radius 1 is 1.39 bits per heavy atom. The van der Waals surface area contributed by atoms with Crippen molar-refractivity contribution in [3.05, 3.63) is 39.0 Å². The largest absolute Gasteiger partial charge is 0.379 e. The molecule has 0 spiro atoms. The molecular weight excluding hydrogens is 342 g/mol. The molecule has 0 aromatic carbocycles. The molecular formula is C17H19N3S3. The van der Waals surface area contributed by atoms with E-state index in [0.717, 1.165) is 23.4 Å². The lowest BCUT2D eigenvalue weighted by Gasteiger charge is -2.09. The van der Waals surface area contributed by atoms with Crippen molar-refractivity contribution >= 4 is 51.2 Å². The van der Waals surface area contributed by atoms with Gasteiger partial charge in [-0.2, -0.15) is 0 Å². The molecule has 0 bridgehead atoms. The molecule has 3 aromatic heterocycles. The van der Waals surface area contributed by atoms with E-state index in [-0.39, 0.29) is 0 Å². The van der Waals surface area contributed by atoms with E-state index in [9.17, 15) is 0 Å². The van der Waals surface area contributed by atoms with Crippen molar-refractivity contribution in [2.75, 3.05) is 11.9 Å². The van der Waals surface area contributed by atoms with Crippen LogP contribution in [-0.4, -0.2) is 11.5 Å². The van der Waals surface area contributed by atoms with E-state index in [0.29, 0.717) is 12.5 Å². The molecule has 3 nitrogen and oxygen atoms in total. The number of hydrogen-bond donors (Lipinski definition) is 3. The van der Waals surface area contributed by atoms with Gasteiger partial charge in [-0.15, -0.1) is 35.3 Å². The predicted octanol–water partition coefficient (Wildman–Crippen LogP) is 4.64. The number of anilines is 1. The van der Waals surface area contributed by atoms with Gasteiger partial charge in [0, 0.05) is 32.8 Å². The summed E-state index contributed by atoms with van der Waals surface area (Å²) in [5.74, 6) is 0.632. The van der Waals surface area contributed by atoms with Crippen LogP contribution in [0.2, 0.25) is 0 Å². The molecule has 4 rings (SSSR count). The third kappa shape index (κ3) is 3.13. The van der Waals surface area contributed by atoms with Crippen LogP contribution in [0.25, 0.3) is 10.2 Å². The Labute approximate surface area is 149 Å². The third-order valence-electron chi connectivity index (χ3n) is 4.11. The van der Waals surface area contributed by atoms with Crippen LogP contribution < -0.4 is 11.1 Å². The van der Waals surface area contributed by atoms with Crippen LogP contribution in [0.4, 0.5) is 5.69 Å². The normalized spacial score (nSPS) is 14.5. The number of aromatic nitrogens is 1. The van der Waals surface area contributed by atoms with E-state index < -0.39 is 0 Å². The quantitative estimate of drug-likeness (QED) is 0.561. The Kier molecular flexibility index (Phi) is 4.32. The van der Waals surface area contributed by atoms with Crippen LogP contribution in [0.1, 0.15) is 34.2 Å². The molecule has 23 heavy (non-hydrogen) atoms. The maximum absolute atomic E-state index is 5.74. The summed E-state index contributed by atoms with van der Waals surface area (Å²) in [6, 6.07) is 6.50. The summed E-state index contributed by atoms with van der Waals surface area (Å²) in [6.45, 7) is 1.50. The molecule has 0 aliphatic heterocycles. The lowest BCUT2D eigenvalue weighted by molar-refractivity contribution is 0.970. The van der Waals surface area contributed by atoms with Crippen LogP contribution in [0, 0.1) is 0 Å². The second kappa shape index (κ2) is 6.43. The Morgan fingerprint density at radius 3 is 2.96 bits per heavy atom. The molecule has 6 heteroatoms. The first-order chi connectivity index (χ1) is 11.3. The maximum atomic E-state index is 5.74. The minimum atomic E-state index is 0.632. The first-order valence-corrected chi connectivity index (χ1v) is 10.0. The summed E-state index contributed by atoms with van der Waals surface area (Å²) in [7, 11) is 0. The van der Waals surface area contributed by atoms with Gasteiger partial charge in [0.1, 0.15) is 0 Å². The average molecular weight is 362 g/mol. The van der Waals surface area contributed by atoms with Gasteiger partial charge in [0.2, 0.25) is 0 Å². The van der Waals surface area contributed by atoms with Gasteiger partial charge in [-0.25, -0.2) is 0 Å². The van der Waals surface area contributed by atoms with Crippen molar-refractivity contribution in [2.45, 2.75) is 36.6 Å². The number of nitrogens with zero attached hydrogens (tertiary/aromatic N) is 1. The zero-order valence-electron chi connectivity index (χ0n) is 12.7. The number of fused-ring (bicyclic) bond motifs is 1. The van der Waals surface area contributed by atoms with E-state index in [1.54, 1.807) is 22.7 Å². The van der Waals surface area contributed by atoms with Crippen LogP contribution in [0.5, 0.6) is 0 Å². The summed E-state index contributed by atoms with van der Waals surface area (Å²) < 4.78 is 1.21. The number of thiophene rings is 2. The zero-order valence-corrected chi connectivity index (χ0v) is 15.2. The molecule has 1 aliphatic rings. The predicted molar refractivity (Wildman–Crippen MR) is 103 cm³/mol. The van der Waals surface area contributed by atoms with Gasteiger partial charge in [-0.05, 0) is 43.3 Å². The fraction of sp³-hybridized carbons (Fsp3) is 0.353. The molecule has 0 amide bonds. The Hall–Kier alpha value is -1.08. The maximum Gasteiger partial charge on any atom is 0.0970 e. The van der Waals surface area contributed by atoms with Gasteiger partial charge in [0.05, 0.1) is 15.9 Å². The smallest absolute Gasteiger partial charge is 0.0970 e. The second-order valence-electron chi connectivity index (χ2n) is 5.89. The number of thiol groups is 1. The summed E-state index contributed by atoms with van der Waals surface area (Å²) >= 11 is 8.28. The molecule has 3 aromatic rings. The van der Waals surface area contributed by atoms with Gasteiger partial charge >= 0.3 is 0 Å². The van der Waals surface area contributed by atoms with E-state index in [4.69, 9.17) is 23.3 Å². The lowest BCUT2D eigenvalue weighted by atomic mass is 10.2. The molecule has 1 aliphatic carbocycles. The van der Waals surface area contributed by atoms with Crippen molar-refractivity contribution in [3.63, 3.8) is 0 Å². The first kappa shape index (κ1) is 15.4. The number of pyridine rings is 1. The fourth-order valence-electron chi connectivity index (χ4n) is 2.74. The minimum absolute atomic E-state index is 0.632. The van der Waals surface area contributed by atoms with Crippen molar-refractivity contribution in [1.82, 2.24) is 4.98 Å². The highest BCUT2D eigenvalue weighted by Crippen LogP contribution is 2.44. The summed E-state index contributed by atoms with van der Waals surface area (Å²) in [4.78, 5) is 8.49. The molecule has 0 saturated heterocycles. The van der Waals surface area contributed by atoms with Gasteiger partial charge in [0.15, 0.2) is 0 Å². The van der Waals surface area contributed by atoms with Crippen LogP contribution in [0.15, 0.2) is 28.5 Å². The van der Waals surface area contributed by atoms with Gasteiger partial charge in [-0.3, -0.25) is 4.98 Å². The number of nitrogens with two attached hydrogens (primary N) is 1. The molecule has 0 radical (unpaired) electrons. The molecule has 120 valence electrons. The number of rotatable bonds is 6. The standard InChI is InChI=1S/C17H19N3S3/c18-6-5-14-16(21)15-17(23-14)13(8-12(20-15)10-3-4-10)19-9-11-2-1-7-22-11/h1-2,7-8,10,21H,3-6,9,18H2,(H,19,20). The van der Waals surface area contributed by atoms with Gasteiger partial charge in [0.25, 0.3) is 0 Å². The topological polar surface area (TPSA) is 50.9 Å². The number of hydrogen-bond acceptors (Lipinski definition) is 6. The Morgan fingerprint density at radius 2 is 2.26 bits per heavy atom. The van der Waals surface area contributed by atoms with Crippen molar-refractivity contribution in [1.29, 1.82) is 0 Å². The average Bonchev–Trinajstić information content (AvgIpc) is 3.19. The van der Waals surface area contributed by atoms with Gasteiger partial charge < -0.3 is 11.1 Å². The van der Waals surface area contributed by atoms with E-state index in [2.05, 4.69) is 28.9 Å². The van der Waals surface area contributed by atoms with Crippen molar-refractivity contribution in [2.24, 2.45) is 5.73 Å². The molecule has 0 unspecified atom stereocenters. The summed E-state index contributed by atoms with van der Waals surface area (Å²) in [6.07, 6.45) is 3.37. The van der Waals surface area contributed by atoms with Crippen molar-refractivity contribution < 1.29 is 0 Å². The van der Waals surface area contributed by atoms with Crippen LogP contribution in [-0.2, 0) is 13.0 Å². The molecule has 3 N–H and O–H groups in total. The number of nitrogens with one attached hydrogen (secondary N) is 1. The summed E-state index contributed by atoms with van der Waals surface area (Å²) in [5, 5.41) is 5.73. The first-order valence-electron chi connectivity index (χ1n) is 7.88. The zero-order chi connectivity index (χ0) is 15.8. The fourth-order valence-corrected chi connectivity index (χ4v) is 5.01. The molecule has 1 saturated carbocycles. The van der Waals surface area contributed by atoms with E-state index in [1.807, 2.05) is 0 Å². The highest BCUT2D eigenvalue weighted by Gasteiger charge is 2.27. The van der Waals surface area contributed by atoms with Crippen LogP contribution >= 0.6 is 35.3 Å². The molecule has 0 atom stereocenters. The second-order valence-corrected chi connectivity index (χ2v) is 8.48. The third-order valence-corrected chi connectivity index (χ3v) is 6.89. The van der Waals surface area contributed by atoms with E-state index >= 15 is 0 Å². The molecule has 3 heterocycles. The highest BCUT2D eigenvalue weighted by atomic mass is 32.1.